The Morgan fingerprint density at radius 2 is 0.656 bits per heavy atom. The van der Waals surface area contributed by atoms with Crippen LogP contribution in [0.1, 0.15) is 316 Å². The van der Waals surface area contributed by atoms with Gasteiger partial charge >= 0.3 is 0 Å². The third kappa shape index (κ3) is 48.4. The van der Waals surface area contributed by atoms with Crippen LogP contribution in [0.25, 0.3) is 0 Å². The van der Waals surface area contributed by atoms with E-state index in [1.54, 1.807) is 0 Å². The smallest absolute Gasteiger partial charge is 0.222 e. The highest BCUT2D eigenvalue weighted by Crippen LogP contribution is 2.18. The van der Waals surface area contributed by atoms with Gasteiger partial charge in [-0.15, -0.1) is 0 Å². The first-order chi connectivity index (χ1) is 30.0. The van der Waals surface area contributed by atoms with Gasteiger partial charge in [-0.25, -0.2) is 0 Å². The second kappa shape index (κ2) is 51.7. The van der Waals surface area contributed by atoms with E-state index in [9.17, 15) is 20.1 Å². The van der Waals surface area contributed by atoms with Crippen LogP contribution in [0.5, 0.6) is 0 Å². The van der Waals surface area contributed by atoms with E-state index < -0.39 is 18.2 Å². The number of carbonyl (C=O) groups excluding carboxylic acids is 1. The van der Waals surface area contributed by atoms with E-state index >= 15 is 0 Å². The van der Waals surface area contributed by atoms with Crippen molar-refractivity contribution >= 4 is 5.91 Å². The van der Waals surface area contributed by atoms with Crippen LogP contribution in [0.4, 0.5) is 0 Å². The second-order valence-electron chi connectivity index (χ2n) is 19.6. The molecule has 0 aromatic carbocycles. The number of carbonyl (C=O) groups is 1. The summed E-state index contributed by atoms with van der Waals surface area (Å²) in [5.41, 5.74) is 0. The second-order valence-corrected chi connectivity index (χ2v) is 19.6. The van der Waals surface area contributed by atoms with Gasteiger partial charge in [-0.05, 0) is 38.5 Å². The van der Waals surface area contributed by atoms with Gasteiger partial charge in [0.1, 0.15) is 0 Å². The molecule has 5 nitrogen and oxygen atoms in total. The number of amides is 1. The van der Waals surface area contributed by atoms with Crippen LogP contribution in [0.15, 0.2) is 12.2 Å². The first-order valence-corrected chi connectivity index (χ1v) is 28.0. The Kier molecular flexibility index (Phi) is 51.0. The Bertz CT molecular complexity index is 864. The molecule has 0 radical (unpaired) electrons. The van der Waals surface area contributed by atoms with Crippen molar-refractivity contribution in [2.45, 2.75) is 334 Å². The first-order valence-electron chi connectivity index (χ1n) is 28.0. The Balaban J connectivity index is 3.53. The van der Waals surface area contributed by atoms with Gasteiger partial charge in [0.15, 0.2) is 0 Å². The molecule has 1 amide bonds. The van der Waals surface area contributed by atoms with Crippen molar-refractivity contribution in [3.63, 3.8) is 0 Å². The van der Waals surface area contributed by atoms with Crippen molar-refractivity contribution < 1.29 is 20.1 Å². The van der Waals surface area contributed by atoms with Gasteiger partial charge in [0, 0.05) is 0 Å². The van der Waals surface area contributed by atoms with E-state index in [1.807, 2.05) is 0 Å². The van der Waals surface area contributed by atoms with Crippen molar-refractivity contribution in [3.8, 4) is 0 Å². The molecule has 0 saturated carbocycles. The Morgan fingerprint density at radius 3 is 0.951 bits per heavy atom. The standard InChI is InChI=1S/C56H111NO4/c1-3-5-7-9-11-13-15-17-19-21-23-25-27-29-31-33-35-37-39-41-43-45-47-49-53(59)51-56(61)57-54(52-58)55(60)50-48-46-44-42-40-38-36-34-32-30-28-26-24-22-20-18-16-14-12-10-8-6-4-2/h29,31,53-55,58-60H,3-28,30,32-52H2,1-2H3,(H,57,61)/b31-29-. The van der Waals surface area contributed by atoms with Gasteiger partial charge in [0.05, 0.1) is 31.3 Å². The lowest BCUT2D eigenvalue weighted by Gasteiger charge is -2.23. The minimum Gasteiger partial charge on any atom is -0.394 e. The van der Waals surface area contributed by atoms with E-state index in [0.717, 1.165) is 25.7 Å². The molecule has 3 unspecified atom stereocenters. The molecule has 0 aromatic rings. The lowest BCUT2D eigenvalue weighted by molar-refractivity contribution is -0.125. The summed E-state index contributed by atoms with van der Waals surface area (Å²) in [4.78, 5) is 12.5. The summed E-state index contributed by atoms with van der Waals surface area (Å²) in [6.07, 6.45) is 63.6. The average Bonchev–Trinajstić information content (AvgIpc) is 3.25. The number of hydrogen-bond donors (Lipinski definition) is 4. The molecular formula is C56H111NO4. The summed E-state index contributed by atoms with van der Waals surface area (Å²) >= 11 is 0. The molecule has 0 rings (SSSR count). The van der Waals surface area contributed by atoms with Gasteiger partial charge in [-0.2, -0.15) is 0 Å². The van der Waals surface area contributed by atoms with Gasteiger partial charge in [0.25, 0.3) is 0 Å². The number of nitrogens with one attached hydrogen (secondary N) is 1. The van der Waals surface area contributed by atoms with Crippen LogP contribution in [0, 0.1) is 0 Å². The molecule has 0 aliphatic rings. The molecule has 0 bridgehead atoms. The minimum atomic E-state index is -0.749. The van der Waals surface area contributed by atoms with Gasteiger partial charge < -0.3 is 20.6 Å². The maximum Gasteiger partial charge on any atom is 0.222 e. The van der Waals surface area contributed by atoms with Crippen LogP contribution in [0.2, 0.25) is 0 Å². The number of aliphatic hydroxyl groups is 3. The van der Waals surface area contributed by atoms with Crippen LogP contribution >= 0.6 is 0 Å². The average molecular weight is 863 g/mol. The molecule has 0 aliphatic heterocycles. The lowest BCUT2D eigenvalue weighted by Crippen LogP contribution is -2.46. The number of unbranched alkanes of at least 4 members (excludes halogenated alkanes) is 41. The van der Waals surface area contributed by atoms with Gasteiger partial charge in [-0.1, -0.05) is 283 Å². The zero-order chi connectivity index (χ0) is 44.4. The molecule has 0 spiro atoms. The van der Waals surface area contributed by atoms with E-state index in [-0.39, 0.29) is 18.9 Å². The highest BCUT2D eigenvalue weighted by molar-refractivity contribution is 5.76. The van der Waals surface area contributed by atoms with Crippen LogP contribution in [-0.4, -0.2) is 46.1 Å². The quantitative estimate of drug-likeness (QED) is 0.0362. The largest absolute Gasteiger partial charge is 0.394 e. The van der Waals surface area contributed by atoms with E-state index in [4.69, 9.17) is 0 Å². The van der Waals surface area contributed by atoms with E-state index in [2.05, 4.69) is 31.3 Å². The van der Waals surface area contributed by atoms with Crippen molar-refractivity contribution in [3.05, 3.63) is 12.2 Å². The Labute approximate surface area is 382 Å². The van der Waals surface area contributed by atoms with E-state index in [1.165, 1.54) is 257 Å². The molecule has 0 aromatic heterocycles. The molecule has 364 valence electrons. The first kappa shape index (κ1) is 60.1. The fraction of sp³-hybridized carbons (Fsp3) is 0.946. The maximum atomic E-state index is 12.5. The predicted octanol–water partition coefficient (Wildman–Crippen LogP) is 17.1. The molecule has 0 heterocycles. The third-order valence-electron chi connectivity index (χ3n) is 13.3. The number of rotatable bonds is 52. The number of hydrogen-bond acceptors (Lipinski definition) is 4. The van der Waals surface area contributed by atoms with Crippen molar-refractivity contribution in [1.82, 2.24) is 5.32 Å². The highest BCUT2D eigenvalue weighted by Gasteiger charge is 2.21. The summed E-state index contributed by atoms with van der Waals surface area (Å²) in [6.45, 7) is 4.30. The third-order valence-corrected chi connectivity index (χ3v) is 13.3. The van der Waals surface area contributed by atoms with Crippen LogP contribution in [-0.2, 0) is 4.79 Å². The molecule has 0 aliphatic carbocycles. The fourth-order valence-electron chi connectivity index (χ4n) is 9.05. The Morgan fingerprint density at radius 1 is 0.393 bits per heavy atom. The van der Waals surface area contributed by atoms with Gasteiger partial charge in [-0.3, -0.25) is 4.79 Å². The van der Waals surface area contributed by atoms with E-state index in [0.29, 0.717) is 12.8 Å². The minimum absolute atomic E-state index is 0.0372. The zero-order valence-corrected chi connectivity index (χ0v) is 41.6. The Hall–Kier alpha value is -0.910. The van der Waals surface area contributed by atoms with Crippen molar-refractivity contribution in [2.24, 2.45) is 0 Å². The number of allylic oxidation sites excluding steroid dienone is 2. The lowest BCUT2D eigenvalue weighted by atomic mass is 10.0. The monoisotopic (exact) mass is 862 g/mol. The summed E-state index contributed by atoms with van der Waals surface area (Å²) < 4.78 is 0. The zero-order valence-electron chi connectivity index (χ0n) is 41.6. The summed E-state index contributed by atoms with van der Waals surface area (Å²) in [5.74, 6) is -0.280. The number of aliphatic hydroxyl groups excluding tert-OH is 3. The fourth-order valence-corrected chi connectivity index (χ4v) is 9.05. The molecular weight excluding hydrogens is 751 g/mol. The summed E-state index contributed by atoms with van der Waals surface area (Å²) in [5, 5.41) is 33.6. The predicted molar refractivity (Wildman–Crippen MR) is 269 cm³/mol. The van der Waals surface area contributed by atoms with Crippen molar-refractivity contribution in [2.75, 3.05) is 6.61 Å². The molecule has 0 fully saturated rings. The molecule has 61 heavy (non-hydrogen) atoms. The summed E-state index contributed by atoms with van der Waals surface area (Å²) in [7, 11) is 0. The topological polar surface area (TPSA) is 89.8 Å². The summed E-state index contributed by atoms with van der Waals surface area (Å²) in [6, 6.07) is -0.658. The van der Waals surface area contributed by atoms with Crippen molar-refractivity contribution in [1.29, 1.82) is 0 Å². The molecule has 4 N–H and O–H groups in total. The SMILES string of the molecule is CCCCCCCCCCCCCC/C=C\CCCCCCCCCC(O)CC(=O)NC(CO)C(O)CCCCCCCCCCCCCCCCCCCCCCCCC. The van der Waals surface area contributed by atoms with Crippen LogP contribution < -0.4 is 5.32 Å². The molecule has 0 saturated heterocycles. The highest BCUT2D eigenvalue weighted by atomic mass is 16.3. The molecule has 5 heteroatoms. The maximum absolute atomic E-state index is 12.5. The normalized spacial score (nSPS) is 13.3. The molecule has 3 atom stereocenters. The van der Waals surface area contributed by atoms with Gasteiger partial charge in [0.2, 0.25) is 5.91 Å². The van der Waals surface area contributed by atoms with Crippen LogP contribution in [0.3, 0.4) is 0 Å².